The minimum absolute atomic E-state index is 0.0983. The van der Waals surface area contributed by atoms with E-state index < -0.39 is 12.1 Å². The highest BCUT2D eigenvalue weighted by atomic mass is 32.2. The molecule has 1 fully saturated rings. The number of aromatic nitrogens is 1. The lowest BCUT2D eigenvalue weighted by Gasteiger charge is -2.38. The van der Waals surface area contributed by atoms with Crippen molar-refractivity contribution in [3.63, 3.8) is 0 Å². The molecule has 1 aliphatic rings. The molecule has 1 saturated heterocycles. The van der Waals surface area contributed by atoms with Crippen LogP contribution < -0.4 is 4.74 Å². The van der Waals surface area contributed by atoms with Crippen molar-refractivity contribution >= 4 is 28.6 Å². The molecule has 3 aromatic rings. The monoisotopic (exact) mass is 508 g/mol. The van der Waals surface area contributed by atoms with Crippen molar-refractivity contribution in [3.8, 4) is 5.75 Å². The summed E-state index contributed by atoms with van der Waals surface area (Å²) in [6.45, 7) is 4.86. The standard InChI is InChI=1S/C29H36N2O4S/c1-20-5-3-4-6-28(20)36-16-15-31-14-12-21(22(19-31)17-29(33)34)7-10-27(32)24-11-13-30-26-9-8-23(35-2)18-25(24)26/h3-6,8-9,11,13,18,21-22,27,32H,7,10,12,14-17,19H2,1-2H3,(H,33,34)/t21-,22+,27-/m1/s1. The van der Waals surface area contributed by atoms with Gasteiger partial charge >= 0.3 is 5.97 Å². The summed E-state index contributed by atoms with van der Waals surface area (Å²) < 4.78 is 5.36. The normalized spacial score (nSPS) is 19.3. The van der Waals surface area contributed by atoms with Gasteiger partial charge in [-0.3, -0.25) is 9.78 Å². The first-order valence-electron chi connectivity index (χ1n) is 12.7. The number of ether oxygens (including phenoxy) is 1. The summed E-state index contributed by atoms with van der Waals surface area (Å²) in [5, 5.41) is 21.5. The number of benzene rings is 2. The summed E-state index contributed by atoms with van der Waals surface area (Å²) in [5.74, 6) is 1.37. The lowest BCUT2D eigenvalue weighted by molar-refractivity contribution is -0.139. The fraction of sp³-hybridized carbons (Fsp3) is 0.448. The van der Waals surface area contributed by atoms with Gasteiger partial charge in [0, 0.05) is 41.7 Å². The summed E-state index contributed by atoms with van der Waals surface area (Å²) in [4.78, 5) is 19.8. The molecule has 0 aliphatic carbocycles. The van der Waals surface area contributed by atoms with Crippen LogP contribution in [-0.4, -0.2) is 58.6 Å². The average molecular weight is 509 g/mol. The first-order chi connectivity index (χ1) is 17.4. The van der Waals surface area contributed by atoms with Crippen molar-refractivity contribution in [1.29, 1.82) is 0 Å². The maximum absolute atomic E-state index is 11.6. The van der Waals surface area contributed by atoms with E-state index in [0.717, 1.165) is 60.4 Å². The fourth-order valence-electron chi connectivity index (χ4n) is 5.29. The third-order valence-electron chi connectivity index (χ3n) is 7.32. The van der Waals surface area contributed by atoms with Crippen LogP contribution >= 0.6 is 11.8 Å². The van der Waals surface area contributed by atoms with Crippen LogP contribution in [-0.2, 0) is 4.79 Å². The number of hydrogen-bond donors (Lipinski definition) is 2. The lowest BCUT2D eigenvalue weighted by atomic mass is 9.79. The quantitative estimate of drug-likeness (QED) is 0.328. The number of rotatable bonds is 11. The van der Waals surface area contributed by atoms with Crippen LogP contribution in [0, 0.1) is 18.8 Å². The molecular formula is C29H36N2O4S. The number of aliphatic hydroxyl groups excluding tert-OH is 1. The second kappa shape index (κ2) is 12.6. The van der Waals surface area contributed by atoms with E-state index >= 15 is 0 Å². The van der Waals surface area contributed by atoms with Gasteiger partial charge in [-0.15, -0.1) is 11.8 Å². The van der Waals surface area contributed by atoms with Crippen molar-refractivity contribution in [1.82, 2.24) is 9.88 Å². The van der Waals surface area contributed by atoms with Gasteiger partial charge in [-0.2, -0.15) is 0 Å². The Morgan fingerprint density at radius 1 is 1.22 bits per heavy atom. The number of carbonyl (C=O) groups is 1. The second-order valence-electron chi connectivity index (χ2n) is 9.70. The summed E-state index contributed by atoms with van der Waals surface area (Å²) in [6.07, 6.45) is 3.64. The molecule has 1 aromatic heterocycles. The summed E-state index contributed by atoms with van der Waals surface area (Å²) in [7, 11) is 1.63. The van der Waals surface area contributed by atoms with Crippen molar-refractivity contribution in [3.05, 3.63) is 65.9 Å². The van der Waals surface area contributed by atoms with Crippen LogP contribution in [0.5, 0.6) is 5.75 Å². The molecule has 192 valence electrons. The highest BCUT2D eigenvalue weighted by Gasteiger charge is 2.31. The number of likely N-dealkylation sites (tertiary alicyclic amines) is 1. The predicted octanol–water partition coefficient (Wildman–Crippen LogP) is 5.57. The van der Waals surface area contributed by atoms with Crippen LogP contribution in [0.4, 0.5) is 0 Å². The molecule has 7 heteroatoms. The number of carboxylic acids is 1. The van der Waals surface area contributed by atoms with E-state index in [2.05, 4.69) is 41.1 Å². The molecule has 0 bridgehead atoms. The van der Waals surface area contributed by atoms with Crippen molar-refractivity contribution in [2.24, 2.45) is 11.8 Å². The zero-order valence-corrected chi connectivity index (χ0v) is 21.9. The van der Waals surface area contributed by atoms with Gasteiger partial charge in [0.05, 0.1) is 18.7 Å². The molecule has 2 heterocycles. The van der Waals surface area contributed by atoms with E-state index in [9.17, 15) is 15.0 Å². The van der Waals surface area contributed by atoms with E-state index in [4.69, 9.17) is 4.74 Å². The van der Waals surface area contributed by atoms with E-state index in [1.807, 2.05) is 36.0 Å². The number of hydrogen-bond acceptors (Lipinski definition) is 6. The molecular weight excluding hydrogens is 472 g/mol. The third-order valence-corrected chi connectivity index (χ3v) is 8.48. The fourth-order valence-corrected chi connectivity index (χ4v) is 6.33. The van der Waals surface area contributed by atoms with Crippen LogP contribution in [0.25, 0.3) is 10.9 Å². The van der Waals surface area contributed by atoms with Crippen molar-refractivity contribution in [2.75, 3.05) is 32.5 Å². The SMILES string of the molecule is COc1ccc2nccc([C@H](O)CC[C@@H]3CCN(CCSc4ccccc4C)C[C@@H]3CC(=O)O)c2c1. The molecule has 0 spiro atoms. The molecule has 6 nitrogen and oxygen atoms in total. The van der Waals surface area contributed by atoms with E-state index in [1.54, 1.807) is 13.3 Å². The first-order valence-corrected chi connectivity index (χ1v) is 13.7. The van der Waals surface area contributed by atoms with Crippen molar-refractivity contribution in [2.45, 2.75) is 43.6 Å². The smallest absolute Gasteiger partial charge is 0.303 e. The van der Waals surface area contributed by atoms with Crippen LogP contribution in [0.15, 0.2) is 59.6 Å². The molecule has 2 aromatic carbocycles. The Morgan fingerprint density at radius 3 is 2.83 bits per heavy atom. The number of piperidine rings is 1. The van der Waals surface area contributed by atoms with Gasteiger partial charge in [0.15, 0.2) is 0 Å². The van der Waals surface area contributed by atoms with E-state index in [-0.39, 0.29) is 12.3 Å². The van der Waals surface area contributed by atoms with Crippen LogP contribution in [0.1, 0.15) is 42.9 Å². The Bertz CT molecular complexity index is 1170. The molecule has 36 heavy (non-hydrogen) atoms. The maximum atomic E-state index is 11.6. The van der Waals surface area contributed by atoms with Gasteiger partial charge in [0.25, 0.3) is 0 Å². The number of carboxylic acid groups (broad SMARTS) is 1. The molecule has 2 N–H and O–H groups in total. The minimum Gasteiger partial charge on any atom is -0.497 e. The molecule has 1 aliphatic heterocycles. The molecule has 0 radical (unpaired) electrons. The Morgan fingerprint density at radius 2 is 2.06 bits per heavy atom. The summed E-state index contributed by atoms with van der Waals surface area (Å²) in [6, 6.07) is 16.0. The second-order valence-corrected chi connectivity index (χ2v) is 10.8. The van der Waals surface area contributed by atoms with Crippen LogP contribution in [0.2, 0.25) is 0 Å². The molecule has 0 saturated carbocycles. The average Bonchev–Trinajstić information content (AvgIpc) is 2.88. The highest BCUT2D eigenvalue weighted by molar-refractivity contribution is 7.99. The topological polar surface area (TPSA) is 82.9 Å². The van der Waals surface area contributed by atoms with Gasteiger partial charge in [-0.1, -0.05) is 18.2 Å². The zero-order chi connectivity index (χ0) is 25.5. The van der Waals surface area contributed by atoms with Crippen LogP contribution in [0.3, 0.4) is 0 Å². The number of nitrogens with zero attached hydrogens (tertiary/aromatic N) is 2. The van der Waals surface area contributed by atoms with Gasteiger partial charge in [-0.05, 0) is 86.0 Å². The number of thioether (sulfide) groups is 1. The van der Waals surface area contributed by atoms with Gasteiger partial charge < -0.3 is 19.8 Å². The number of pyridine rings is 1. The third kappa shape index (κ3) is 6.78. The Hall–Kier alpha value is -2.61. The molecule has 4 rings (SSSR count). The highest BCUT2D eigenvalue weighted by Crippen LogP contribution is 2.35. The minimum atomic E-state index is -0.742. The van der Waals surface area contributed by atoms with Gasteiger partial charge in [0.1, 0.15) is 5.75 Å². The molecule has 0 unspecified atom stereocenters. The number of aliphatic carboxylic acids is 1. The number of methoxy groups -OCH3 is 1. The van der Waals surface area contributed by atoms with Crippen molar-refractivity contribution < 1.29 is 19.7 Å². The van der Waals surface area contributed by atoms with E-state index in [1.165, 1.54) is 10.5 Å². The number of aliphatic hydroxyl groups is 1. The largest absolute Gasteiger partial charge is 0.497 e. The number of fused-ring (bicyclic) bond motifs is 1. The maximum Gasteiger partial charge on any atom is 0.303 e. The summed E-state index contributed by atoms with van der Waals surface area (Å²) in [5.41, 5.74) is 2.97. The zero-order valence-electron chi connectivity index (χ0n) is 21.1. The van der Waals surface area contributed by atoms with Gasteiger partial charge in [-0.25, -0.2) is 0 Å². The summed E-state index contributed by atoms with van der Waals surface area (Å²) >= 11 is 1.87. The predicted molar refractivity (Wildman–Crippen MR) is 145 cm³/mol. The van der Waals surface area contributed by atoms with E-state index in [0.29, 0.717) is 12.3 Å². The molecule has 3 atom stereocenters. The number of aryl methyl sites for hydroxylation is 1. The molecule has 0 amide bonds. The Kier molecular flexibility index (Phi) is 9.24. The van der Waals surface area contributed by atoms with Gasteiger partial charge in [0.2, 0.25) is 0 Å². The Labute approximate surface area is 217 Å². The lowest BCUT2D eigenvalue weighted by Crippen LogP contribution is -2.42. The first kappa shape index (κ1) is 26.5. The Balaban J connectivity index is 1.35.